The van der Waals surface area contributed by atoms with Gasteiger partial charge in [0, 0.05) is 21.9 Å². The second-order valence-corrected chi connectivity index (χ2v) is 15.6. The van der Waals surface area contributed by atoms with E-state index in [0.717, 1.165) is 11.2 Å². The molecule has 0 spiro atoms. The summed E-state index contributed by atoms with van der Waals surface area (Å²) in [6, 6.07) is 45.1. The number of hydrogen-bond acceptors (Lipinski definition) is 2. The third kappa shape index (κ3) is 3.87. The summed E-state index contributed by atoms with van der Waals surface area (Å²) in [7, 11) is -0.420. The molecule has 1 aliphatic heterocycles. The second kappa shape index (κ2) is 9.62. The average molecular weight is 636 g/mol. The van der Waals surface area contributed by atoms with E-state index in [1.165, 1.54) is 76.4 Å². The second-order valence-electron chi connectivity index (χ2n) is 15.6. The summed E-state index contributed by atoms with van der Waals surface area (Å²) in [6.45, 7) is 13.3. The maximum Gasteiger partial charge on any atom is 0.494 e. The van der Waals surface area contributed by atoms with Crippen molar-refractivity contribution in [3.05, 3.63) is 132 Å². The van der Waals surface area contributed by atoms with Crippen LogP contribution in [-0.2, 0) is 14.7 Å². The summed E-state index contributed by atoms with van der Waals surface area (Å²) in [5.41, 5.74) is 9.01. The molecule has 8 aromatic rings. The SMILES string of the molecule is CC1(C)c2cc3c4ccccc4c4ccccc4c3cc2-c2cc3c(cc21)c1cc(B2OC(C)(C)C(C)(C)O2)ccc1n3-c1ccccc1. The lowest BCUT2D eigenvalue weighted by Gasteiger charge is -2.32. The quantitative estimate of drug-likeness (QED) is 0.139. The van der Waals surface area contributed by atoms with Crippen LogP contribution in [0.15, 0.2) is 121 Å². The van der Waals surface area contributed by atoms with Gasteiger partial charge in [-0.2, -0.15) is 0 Å². The molecule has 1 aliphatic carbocycles. The Morgan fingerprint density at radius 3 is 1.55 bits per heavy atom. The van der Waals surface area contributed by atoms with Crippen molar-refractivity contribution in [1.82, 2.24) is 4.57 Å². The molecule has 4 heteroatoms. The predicted octanol–water partition coefficient (Wildman–Crippen LogP) is 10.8. The van der Waals surface area contributed by atoms with Crippen LogP contribution in [0.4, 0.5) is 0 Å². The monoisotopic (exact) mass is 635 g/mol. The summed E-state index contributed by atoms with van der Waals surface area (Å²) in [4.78, 5) is 0. The molecular formula is C45H38BNO2. The van der Waals surface area contributed by atoms with Crippen LogP contribution in [0.5, 0.6) is 0 Å². The Labute approximate surface area is 287 Å². The highest BCUT2D eigenvalue weighted by molar-refractivity contribution is 6.62. The number of hydrogen-bond donors (Lipinski definition) is 0. The molecule has 0 amide bonds. The van der Waals surface area contributed by atoms with Gasteiger partial charge in [0.25, 0.3) is 0 Å². The first-order chi connectivity index (χ1) is 23.5. The summed E-state index contributed by atoms with van der Waals surface area (Å²) in [6.07, 6.45) is 0. The van der Waals surface area contributed by atoms with Gasteiger partial charge in [-0.1, -0.05) is 92.7 Å². The molecule has 1 aromatic heterocycles. The van der Waals surface area contributed by atoms with Gasteiger partial charge in [0.15, 0.2) is 0 Å². The molecule has 2 heterocycles. The van der Waals surface area contributed by atoms with Crippen LogP contribution >= 0.6 is 0 Å². The average Bonchev–Trinajstić information content (AvgIpc) is 3.63. The summed E-state index contributed by atoms with van der Waals surface area (Å²) >= 11 is 0. The van der Waals surface area contributed by atoms with Crippen molar-refractivity contribution < 1.29 is 9.31 Å². The van der Waals surface area contributed by atoms with Crippen molar-refractivity contribution >= 4 is 66.7 Å². The maximum atomic E-state index is 6.52. The van der Waals surface area contributed by atoms with Gasteiger partial charge >= 0.3 is 7.12 Å². The summed E-state index contributed by atoms with van der Waals surface area (Å²) in [5, 5.41) is 10.3. The van der Waals surface area contributed by atoms with E-state index in [2.05, 4.69) is 167 Å². The Balaban J connectivity index is 1.26. The molecule has 7 aromatic carbocycles. The van der Waals surface area contributed by atoms with Crippen LogP contribution in [0.1, 0.15) is 52.7 Å². The Morgan fingerprint density at radius 1 is 0.449 bits per heavy atom. The first-order valence-corrected chi connectivity index (χ1v) is 17.5. The van der Waals surface area contributed by atoms with Crippen molar-refractivity contribution in [3.8, 4) is 16.8 Å². The van der Waals surface area contributed by atoms with Gasteiger partial charge in [-0.3, -0.25) is 0 Å². The molecule has 49 heavy (non-hydrogen) atoms. The van der Waals surface area contributed by atoms with Gasteiger partial charge in [-0.25, -0.2) is 0 Å². The Hall–Kier alpha value is -4.90. The molecule has 10 rings (SSSR count). The van der Waals surface area contributed by atoms with Gasteiger partial charge in [0.2, 0.25) is 0 Å². The van der Waals surface area contributed by atoms with Crippen LogP contribution < -0.4 is 5.46 Å². The van der Waals surface area contributed by atoms with Crippen molar-refractivity contribution in [1.29, 1.82) is 0 Å². The fourth-order valence-corrected chi connectivity index (χ4v) is 8.64. The highest BCUT2D eigenvalue weighted by Crippen LogP contribution is 2.53. The molecular weight excluding hydrogens is 597 g/mol. The van der Waals surface area contributed by atoms with Gasteiger partial charge in [-0.05, 0) is 130 Å². The van der Waals surface area contributed by atoms with E-state index in [-0.39, 0.29) is 5.41 Å². The Morgan fingerprint density at radius 2 is 0.939 bits per heavy atom. The fraction of sp³-hybridized carbons (Fsp3) is 0.200. The van der Waals surface area contributed by atoms with Crippen molar-refractivity contribution in [2.75, 3.05) is 0 Å². The van der Waals surface area contributed by atoms with Gasteiger partial charge in [0.05, 0.1) is 22.2 Å². The number of para-hydroxylation sites is 1. The van der Waals surface area contributed by atoms with E-state index < -0.39 is 18.3 Å². The lowest BCUT2D eigenvalue weighted by Crippen LogP contribution is -2.41. The van der Waals surface area contributed by atoms with E-state index in [1.54, 1.807) is 0 Å². The number of benzene rings is 7. The van der Waals surface area contributed by atoms with Gasteiger partial charge in [-0.15, -0.1) is 0 Å². The van der Waals surface area contributed by atoms with E-state index in [4.69, 9.17) is 9.31 Å². The van der Waals surface area contributed by atoms with Crippen molar-refractivity contribution in [3.63, 3.8) is 0 Å². The Bertz CT molecular complexity index is 2680. The molecule has 3 nitrogen and oxygen atoms in total. The lowest BCUT2D eigenvalue weighted by atomic mass is 9.78. The largest absolute Gasteiger partial charge is 0.494 e. The molecule has 0 N–H and O–H groups in total. The zero-order valence-electron chi connectivity index (χ0n) is 28.9. The zero-order chi connectivity index (χ0) is 33.4. The van der Waals surface area contributed by atoms with Crippen LogP contribution in [0.25, 0.3) is 70.9 Å². The topological polar surface area (TPSA) is 23.4 Å². The molecule has 0 bridgehead atoms. The number of fused-ring (bicyclic) bond motifs is 12. The molecule has 2 aliphatic rings. The van der Waals surface area contributed by atoms with E-state index in [0.29, 0.717) is 0 Å². The summed E-state index contributed by atoms with van der Waals surface area (Å²) in [5.74, 6) is 0. The first kappa shape index (κ1) is 29.1. The number of rotatable bonds is 2. The molecule has 238 valence electrons. The minimum atomic E-state index is -0.420. The molecule has 0 saturated carbocycles. The number of nitrogens with zero attached hydrogens (tertiary/aromatic N) is 1. The van der Waals surface area contributed by atoms with Gasteiger partial charge in [0.1, 0.15) is 0 Å². The first-order valence-electron chi connectivity index (χ1n) is 17.5. The maximum absolute atomic E-state index is 6.52. The highest BCUT2D eigenvalue weighted by atomic mass is 16.7. The third-order valence-corrected chi connectivity index (χ3v) is 12.0. The minimum absolute atomic E-state index is 0.176. The minimum Gasteiger partial charge on any atom is -0.399 e. The van der Waals surface area contributed by atoms with Crippen LogP contribution in [0.2, 0.25) is 0 Å². The summed E-state index contributed by atoms with van der Waals surface area (Å²) < 4.78 is 15.5. The fourth-order valence-electron chi connectivity index (χ4n) is 8.64. The molecule has 1 saturated heterocycles. The predicted molar refractivity (Wildman–Crippen MR) is 207 cm³/mol. The van der Waals surface area contributed by atoms with Crippen LogP contribution in [0.3, 0.4) is 0 Å². The van der Waals surface area contributed by atoms with E-state index in [1.807, 2.05) is 0 Å². The number of aromatic nitrogens is 1. The standard InChI is InChI=1S/C45H38BNO2/c1-43(2)39-24-34-32-19-13-11-17-30(32)29-16-10-12-18-31(29)33(34)23-35(39)36-26-42-38(25-40(36)43)37-22-27(46-48-44(3,4)45(5,6)49-46)20-21-41(37)47(42)28-14-8-7-9-15-28/h7-26H,1-6H3. The zero-order valence-corrected chi connectivity index (χ0v) is 28.9. The third-order valence-electron chi connectivity index (χ3n) is 12.0. The van der Waals surface area contributed by atoms with Crippen LogP contribution in [0, 0.1) is 0 Å². The molecule has 1 fully saturated rings. The van der Waals surface area contributed by atoms with Crippen LogP contribution in [-0.4, -0.2) is 22.9 Å². The van der Waals surface area contributed by atoms with Crippen molar-refractivity contribution in [2.24, 2.45) is 0 Å². The molecule has 0 radical (unpaired) electrons. The normalized spacial score (nSPS) is 17.5. The van der Waals surface area contributed by atoms with Gasteiger partial charge < -0.3 is 13.9 Å². The molecule has 0 unspecified atom stereocenters. The lowest BCUT2D eigenvalue weighted by molar-refractivity contribution is 0.00578. The molecule has 0 atom stereocenters. The Kier molecular flexibility index (Phi) is 5.71. The highest BCUT2D eigenvalue weighted by Gasteiger charge is 2.51. The smallest absolute Gasteiger partial charge is 0.399 e. The van der Waals surface area contributed by atoms with E-state index >= 15 is 0 Å². The van der Waals surface area contributed by atoms with Crippen molar-refractivity contribution in [2.45, 2.75) is 58.2 Å². The van der Waals surface area contributed by atoms with E-state index in [9.17, 15) is 0 Å².